The fourth-order valence-electron chi connectivity index (χ4n) is 2.85. The van der Waals surface area contributed by atoms with E-state index >= 15 is 0 Å². The molecule has 2 aromatic carbocycles. The van der Waals surface area contributed by atoms with Crippen molar-refractivity contribution in [2.75, 3.05) is 0 Å². The first kappa shape index (κ1) is 17.8. The van der Waals surface area contributed by atoms with Gasteiger partial charge >= 0.3 is 0 Å². The Morgan fingerprint density at radius 1 is 1.11 bits per heavy atom. The number of benzene rings is 2. The predicted octanol–water partition coefficient (Wildman–Crippen LogP) is 5.73. The molecule has 0 bridgehead atoms. The second kappa shape index (κ2) is 7.55. The molecule has 5 nitrogen and oxygen atoms in total. The molecule has 0 aliphatic carbocycles. The van der Waals surface area contributed by atoms with E-state index in [1.165, 1.54) is 0 Å². The Balaban J connectivity index is 1.63. The summed E-state index contributed by atoms with van der Waals surface area (Å²) < 4.78 is 11.3. The van der Waals surface area contributed by atoms with Crippen LogP contribution in [0.15, 0.2) is 53.2 Å². The van der Waals surface area contributed by atoms with Crippen molar-refractivity contribution in [3.8, 4) is 17.2 Å². The molecule has 4 aromatic rings. The number of fused-ring (bicyclic) bond motifs is 1. The van der Waals surface area contributed by atoms with E-state index in [2.05, 4.69) is 22.0 Å². The number of hydrogen-bond donors (Lipinski definition) is 0. The Kier molecular flexibility index (Phi) is 4.97. The lowest BCUT2D eigenvalue weighted by Gasteiger charge is -2.07. The maximum atomic E-state index is 6.37. The van der Waals surface area contributed by atoms with E-state index in [0.717, 1.165) is 23.1 Å². The molecule has 0 N–H and O–H groups in total. The lowest BCUT2D eigenvalue weighted by Crippen LogP contribution is -2.00. The standard InChI is InChI=1S/C20H15Cl2N3O2/c1-2-12-5-3-4-6-16(12)26-11-17-24-20(27-25-17)18-15(22)8-7-13-9-14(21)10-23-19(13)18/h3-10H,2,11H2,1H3. The Morgan fingerprint density at radius 2 is 1.96 bits per heavy atom. The van der Waals surface area contributed by atoms with Crippen molar-refractivity contribution < 1.29 is 9.26 Å². The van der Waals surface area contributed by atoms with Crippen molar-refractivity contribution in [3.63, 3.8) is 0 Å². The van der Waals surface area contributed by atoms with Crippen LogP contribution >= 0.6 is 23.2 Å². The van der Waals surface area contributed by atoms with E-state index in [1.807, 2.05) is 36.4 Å². The third-order valence-corrected chi connectivity index (χ3v) is 4.68. The molecule has 0 saturated carbocycles. The van der Waals surface area contributed by atoms with E-state index in [0.29, 0.717) is 32.8 Å². The van der Waals surface area contributed by atoms with E-state index < -0.39 is 0 Å². The molecule has 7 heteroatoms. The van der Waals surface area contributed by atoms with E-state index in [1.54, 1.807) is 12.3 Å². The Labute approximate surface area is 165 Å². The molecule has 0 fully saturated rings. The van der Waals surface area contributed by atoms with Gasteiger partial charge in [-0.05, 0) is 30.2 Å². The second-order valence-corrected chi connectivity index (χ2v) is 6.76. The second-order valence-electron chi connectivity index (χ2n) is 5.91. The third-order valence-electron chi connectivity index (χ3n) is 4.16. The minimum Gasteiger partial charge on any atom is -0.485 e. The number of aryl methyl sites for hydroxylation is 1. The summed E-state index contributed by atoms with van der Waals surface area (Å²) in [6, 6.07) is 13.3. The summed E-state index contributed by atoms with van der Waals surface area (Å²) in [5.41, 5.74) is 2.36. The summed E-state index contributed by atoms with van der Waals surface area (Å²) in [5.74, 6) is 1.53. The zero-order chi connectivity index (χ0) is 18.8. The number of rotatable bonds is 5. The van der Waals surface area contributed by atoms with Gasteiger partial charge in [0.2, 0.25) is 5.82 Å². The molecule has 0 unspecified atom stereocenters. The van der Waals surface area contributed by atoms with Crippen LogP contribution in [0.25, 0.3) is 22.4 Å². The van der Waals surface area contributed by atoms with E-state index in [4.69, 9.17) is 32.5 Å². The summed E-state index contributed by atoms with van der Waals surface area (Å²) in [7, 11) is 0. The highest BCUT2D eigenvalue weighted by Gasteiger charge is 2.17. The van der Waals surface area contributed by atoms with Crippen LogP contribution in [0.3, 0.4) is 0 Å². The first-order chi connectivity index (χ1) is 13.2. The van der Waals surface area contributed by atoms with Crippen LogP contribution in [0.2, 0.25) is 10.0 Å². The largest absolute Gasteiger partial charge is 0.485 e. The highest BCUT2D eigenvalue weighted by atomic mass is 35.5. The first-order valence-corrected chi connectivity index (χ1v) is 9.18. The average Bonchev–Trinajstić information content (AvgIpc) is 3.15. The van der Waals surface area contributed by atoms with Crippen molar-refractivity contribution in [1.82, 2.24) is 15.1 Å². The van der Waals surface area contributed by atoms with Crippen molar-refractivity contribution in [2.24, 2.45) is 0 Å². The summed E-state index contributed by atoms with van der Waals surface area (Å²) in [5, 5.41) is 5.87. The van der Waals surface area contributed by atoms with Gasteiger partial charge in [-0.2, -0.15) is 4.98 Å². The molecule has 0 aliphatic rings. The molecule has 0 saturated heterocycles. The number of nitrogens with zero attached hydrogens (tertiary/aromatic N) is 3. The Morgan fingerprint density at radius 3 is 2.81 bits per heavy atom. The maximum absolute atomic E-state index is 6.37. The quantitative estimate of drug-likeness (QED) is 0.428. The van der Waals surface area contributed by atoms with Crippen LogP contribution in [-0.4, -0.2) is 15.1 Å². The number of ether oxygens (including phenoxy) is 1. The maximum Gasteiger partial charge on any atom is 0.261 e. The van der Waals surface area contributed by atoms with Crippen LogP contribution in [0, 0.1) is 0 Å². The van der Waals surface area contributed by atoms with Gasteiger partial charge in [0.15, 0.2) is 6.61 Å². The summed E-state index contributed by atoms with van der Waals surface area (Å²) in [6.45, 7) is 2.28. The van der Waals surface area contributed by atoms with Crippen LogP contribution in [0.1, 0.15) is 18.3 Å². The molecule has 2 heterocycles. The topological polar surface area (TPSA) is 61.0 Å². The monoisotopic (exact) mass is 399 g/mol. The molecule has 0 atom stereocenters. The van der Waals surface area contributed by atoms with Crippen molar-refractivity contribution in [1.29, 1.82) is 0 Å². The summed E-state index contributed by atoms with van der Waals surface area (Å²) in [6.07, 6.45) is 2.44. The molecule has 2 aromatic heterocycles. The lowest BCUT2D eigenvalue weighted by atomic mass is 10.1. The molecule has 136 valence electrons. The van der Waals surface area contributed by atoms with Crippen LogP contribution in [0.5, 0.6) is 5.75 Å². The van der Waals surface area contributed by atoms with E-state index in [9.17, 15) is 0 Å². The fraction of sp³-hybridized carbons (Fsp3) is 0.150. The average molecular weight is 400 g/mol. The minimum atomic E-state index is 0.197. The normalized spacial score (nSPS) is 11.1. The molecule has 0 amide bonds. The fourth-order valence-corrected chi connectivity index (χ4v) is 3.25. The van der Waals surface area contributed by atoms with Gasteiger partial charge in [-0.15, -0.1) is 0 Å². The Hall–Kier alpha value is -2.63. The summed E-state index contributed by atoms with van der Waals surface area (Å²) in [4.78, 5) is 8.79. The summed E-state index contributed by atoms with van der Waals surface area (Å²) >= 11 is 12.4. The number of aromatic nitrogens is 3. The predicted molar refractivity (Wildman–Crippen MR) is 105 cm³/mol. The molecular weight excluding hydrogens is 385 g/mol. The Bertz CT molecular complexity index is 1110. The number of hydrogen-bond acceptors (Lipinski definition) is 5. The highest BCUT2D eigenvalue weighted by Crippen LogP contribution is 2.34. The minimum absolute atomic E-state index is 0.197. The van der Waals surface area contributed by atoms with Gasteiger partial charge in [0.05, 0.1) is 21.1 Å². The lowest BCUT2D eigenvalue weighted by molar-refractivity contribution is 0.284. The molecule has 0 radical (unpaired) electrons. The first-order valence-electron chi connectivity index (χ1n) is 8.43. The smallest absolute Gasteiger partial charge is 0.261 e. The van der Waals surface area contributed by atoms with Crippen LogP contribution in [-0.2, 0) is 13.0 Å². The molecular formula is C20H15Cl2N3O2. The van der Waals surface area contributed by atoms with Gasteiger partial charge in [-0.1, -0.05) is 59.5 Å². The van der Waals surface area contributed by atoms with Gasteiger partial charge in [0.1, 0.15) is 5.75 Å². The number of halogens is 2. The molecule has 27 heavy (non-hydrogen) atoms. The zero-order valence-corrected chi connectivity index (χ0v) is 16.0. The van der Waals surface area contributed by atoms with Gasteiger partial charge in [-0.3, -0.25) is 4.98 Å². The van der Waals surface area contributed by atoms with Gasteiger partial charge in [0.25, 0.3) is 5.89 Å². The van der Waals surface area contributed by atoms with Gasteiger partial charge in [-0.25, -0.2) is 0 Å². The number of para-hydroxylation sites is 1. The third kappa shape index (κ3) is 3.61. The van der Waals surface area contributed by atoms with Gasteiger partial charge in [0, 0.05) is 11.6 Å². The van der Waals surface area contributed by atoms with Crippen LogP contribution in [0.4, 0.5) is 0 Å². The highest BCUT2D eigenvalue weighted by molar-refractivity contribution is 6.35. The van der Waals surface area contributed by atoms with Crippen molar-refractivity contribution >= 4 is 34.1 Å². The SMILES string of the molecule is CCc1ccccc1OCc1noc(-c2c(Cl)ccc3cc(Cl)cnc23)n1. The van der Waals surface area contributed by atoms with Crippen LogP contribution < -0.4 is 4.74 Å². The molecule has 0 spiro atoms. The molecule has 4 rings (SSSR count). The van der Waals surface area contributed by atoms with Gasteiger partial charge < -0.3 is 9.26 Å². The van der Waals surface area contributed by atoms with Crippen molar-refractivity contribution in [3.05, 3.63) is 70.1 Å². The van der Waals surface area contributed by atoms with Crippen molar-refractivity contribution in [2.45, 2.75) is 20.0 Å². The molecule has 0 aliphatic heterocycles. The number of pyridine rings is 1. The van der Waals surface area contributed by atoms with E-state index in [-0.39, 0.29) is 6.61 Å². The zero-order valence-electron chi connectivity index (χ0n) is 14.4.